The van der Waals surface area contributed by atoms with Crippen molar-refractivity contribution in [3.8, 4) is 45.6 Å². The third-order valence-electron chi connectivity index (χ3n) is 12.3. The van der Waals surface area contributed by atoms with Gasteiger partial charge in [0.2, 0.25) is 0 Å². The summed E-state index contributed by atoms with van der Waals surface area (Å²) in [5.41, 5.74) is 5.67. The second-order valence-corrected chi connectivity index (χ2v) is 16.5. The number of hydrogen-bond acceptors (Lipinski definition) is 8. The Bertz CT molecular complexity index is 3720. The third-order valence-corrected chi connectivity index (χ3v) is 12.3. The summed E-state index contributed by atoms with van der Waals surface area (Å²) in [6.45, 7) is 0. The molecule has 0 saturated carbocycles. The Balaban J connectivity index is 0.000000334. The maximum Gasteiger partial charge on any atom is 2.00 e. The van der Waals surface area contributed by atoms with E-state index in [4.69, 9.17) is 39.9 Å². The van der Waals surface area contributed by atoms with E-state index in [9.17, 15) is 0 Å². The number of pyridine rings is 2. The van der Waals surface area contributed by atoms with Crippen molar-refractivity contribution in [2.75, 3.05) is 0 Å². The Labute approximate surface area is 406 Å². The standard InChI is InChI=1S/C48H24N8.2C5H5N.Ru/c1-2-10-26-18-34-33(17-25(26)9-1)41-49-42(34)54-44-37-21-29-13-5-6-14-30(29)22-38(37)46(51-44)56-48-40-24-32-16-8-7-15-31(32)23-39(40)47(52-48)55-45-36-20-28-12-4-3-11-27(28)19-35(36)43(50-45)53-41;2*1-2-4-6-5-3-1;/h1-24H;2*1-5H;/q-2;;;+2. The summed E-state index contributed by atoms with van der Waals surface area (Å²) in [6, 6.07) is 61.8. The fourth-order valence-electron chi connectivity index (χ4n) is 9.03. The van der Waals surface area contributed by atoms with Gasteiger partial charge in [0.05, 0.1) is 23.3 Å². The van der Waals surface area contributed by atoms with Crippen LogP contribution in [0.4, 0.5) is 0 Å². The van der Waals surface area contributed by atoms with Crippen molar-refractivity contribution < 1.29 is 19.5 Å². The molecule has 11 heteroatoms. The molecule has 0 spiro atoms. The van der Waals surface area contributed by atoms with Crippen LogP contribution in [0.1, 0.15) is 0 Å². The monoisotopic (exact) mass is 972 g/mol. The molecule has 0 fully saturated rings. The van der Waals surface area contributed by atoms with E-state index in [2.05, 4.69) is 107 Å². The van der Waals surface area contributed by atoms with Crippen molar-refractivity contribution in [1.29, 1.82) is 0 Å². The molecule has 69 heavy (non-hydrogen) atoms. The molecule has 5 aromatic heterocycles. The fourth-order valence-corrected chi connectivity index (χ4v) is 9.03. The molecule has 15 rings (SSSR count). The maximum absolute atomic E-state index is 5.24. The predicted molar refractivity (Wildman–Crippen MR) is 272 cm³/mol. The average Bonchev–Trinajstić information content (AvgIpc) is 4.12. The molecule has 0 aliphatic carbocycles. The van der Waals surface area contributed by atoms with Crippen molar-refractivity contribution in [1.82, 2.24) is 49.8 Å². The van der Waals surface area contributed by atoms with Gasteiger partial charge in [0.25, 0.3) is 0 Å². The van der Waals surface area contributed by atoms with Crippen molar-refractivity contribution in [2.24, 2.45) is 0 Å². The first-order chi connectivity index (χ1) is 33.7. The Morgan fingerprint density at radius 2 is 0.478 bits per heavy atom. The van der Waals surface area contributed by atoms with Gasteiger partial charge in [0.15, 0.2) is 0 Å². The third kappa shape index (κ3) is 7.61. The number of hydrogen-bond donors (Lipinski definition) is 0. The minimum Gasteiger partial charge on any atom is -0.357 e. The van der Waals surface area contributed by atoms with Gasteiger partial charge in [-0.25, -0.2) is 9.97 Å². The second kappa shape index (κ2) is 17.4. The van der Waals surface area contributed by atoms with Gasteiger partial charge in [0, 0.05) is 69.6 Å². The first-order valence-electron chi connectivity index (χ1n) is 22.2. The molecule has 2 aliphatic rings. The Kier molecular flexibility index (Phi) is 10.5. The van der Waals surface area contributed by atoms with Gasteiger partial charge in [-0.15, -0.1) is 0 Å². The van der Waals surface area contributed by atoms with Gasteiger partial charge < -0.3 is 29.9 Å². The summed E-state index contributed by atoms with van der Waals surface area (Å²) < 4.78 is 0. The summed E-state index contributed by atoms with van der Waals surface area (Å²) in [6.07, 6.45) is 7.00. The molecule has 324 valence electrons. The predicted octanol–water partition coefficient (Wildman–Crippen LogP) is 12.9. The molecule has 0 saturated heterocycles. The smallest absolute Gasteiger partial charge is 0.357 e. The van der Waals surface area contributed by atoms with Crippen molar-refractivity contribution in [3.63, 3.8) is 0 Å². The summed E-state index contributed by atoms with van der Waals surface area (Å²) in [7, 11) is 0. The van der Waals surface area contributed by atoms with Crippen LogP contribution in [0.5, 0.6) is 0 Å². The Hall–Kier alpha value is -8.92. The molecule has 2 aliphatic heterocycles. The van der Waals surface area contributed by atoms with Gasteiger partial charge in [-0.1, -0.05) is 109 Å². The summed E-state index contributed by atoms with van der Waals surface area (Å²) >= 11 is 0. The van der Waals surface area contributed by atoms with Gasteiger partial charge >= 0.3 is 19.5 Å². The maximum atomic E-state index is 5.24. The minimum absolute atomic E-state index is 0. The van der Waals surface area contributed by atoms with Gasteiger partial charge in [0.1, 0.15) is 0 Å². The quantitative estimate of drug-likeness (QED) is 0.135. The first-order valence-corrected chi connectivity index (χ1v) is 22.2. The molecular weight excluding hydrogens is 938 g/mol. The zero-order chi connectivity index (χ0) is 45.0. The van der Waals surface area contributed by atoms with Gasteiger partial charge in [-0.3, -0.25) is 9.97 Å². The Morgan fingerprint density at radius 1 is 0.246 bits per heavy atom. The van der Waals surface area contributed by atoms with Crippen molar-refractivity contribution in [2.45, 2.75) is 0 Å². The van der Waals surface area contributed by atoms with Crippen LogP contribution in [-0.4, -0.2) is 39.9 Å². The molecule has 0 unspecified atom stereocenters. The van der Waals surface area contributed by atoms with E-state index in [1.165, 1.54) is 0 Å². The molecule has 0 radical (unpaired) electrons. The van der Waals surface area contributed by atoms with E-state index in [-0.39, 0.29) is 19.5 Å². The van der Waals surface area contributed by atoms with Crippen molar-refractivity contribution in [3.05, 3.63) is 207 Å². The number of nitrogens with zero attached hydrogens (tertiary/aromatic N) is 10. The zero-order valence-corrected chi connectivity index (χ0v) is 38.2. The summed E-state index contributed by atoms with van der Waals surface area (Å²) in [5, 5.41) is 12.2. The SMILES string of the molecule is [Ru+2].c1ccc2cc3c(cc2c1)-c1nc-3nc2[n-]c(nc3nc(nc4[n-]c(n1)c1cc5ccccc5cc41)-c1cc4ccccc4cc1-3)c1cc3ccccc3cc21.c1ccncc1.c1ccncc1. The summed E-state index contributed by atoms with van der Waals surface area (Å²) in [4.78, 5) is 49.1. The molecule has 13 aromatic rings. The van der Waals surface area contributed by atoms with Crippen LogP contribution < -0.4 is 9.97 Å². The van der Waals surface area contributed by atoms with E-state index in [1.807, 2.05) is 84.9 Å². The van der Waals surface area contributed by atoms with Crippen LogP contribution in [-0.2, 0) is 19.5 Å². The molecule has 0 atom stereocenters. The molecule has 10 nitrogen and oxygen atoms in total. The van der Waals surface area contributed by atoms with E-state index in [0.717, 1.165) is 86.9 Å². The van der Waals surface area contributed by atoms with Gasteiger partial charge in [-0.05, 0) is 137 Å². The molecule has 8 aromatic carbocycles. The van der Waals surface area contributed by atoms with Crippen LogP contribution in [0.2, 0.25) is 0 Å². The molecule has 8 bridgehead atoms. The van der Waals surface area contributed by atoms with E-state index in [0.29, 0.717) is 45.9 Å². The molecule has 0 amide bonds. The first kappa shape index (κ1) is 41.5. The van der Waals surface area contributed by atoms with Crippen LogP contribution in [0.15, 0.2) is 207 Å². The number of aromatic nitrogens is 10. The van der Waals surface area contributed by atoms with Crippen molar-refractivity contribution >= 4 is 87.2 Å². The summed E-state index contributed by atoms with van der Waals surface area (Å²) in [5.74, 6) is 2.14. The molecular formula is C58H34N10Ru. The molecule has 0 N–H and O–H groups in total. The zero-order valence-electron chi connectivity index (χ0n) is 36.5. The number of rotatable bonds is 0. The topological polar surface area (TPSA) is 131 Å². The van der Waals surface area contributed by atoms with E-state index in [1.54, 1.807) is 24.8 Å². The Morgan fingerprint density at radius 3 is 0.681 bits per heavy atom. The minimum atomic E-state index is 0. The number of benzene rings is 8. The molecule has 7 heterocycles. The fraction of sp³-hybridized carbons (Fsp3) is 0. The normalized spacial score (nSPS) is 11.4. The van der Waals surface area contributed by atoms with Crippen LogP contribution in [0, 0.1) is 0 Å². The van der Waals surface area contributed by atoms with Crippen LogP contribution in [0.25, 0.3) is 133 Å². The van der Waals surface area contributed by atoms with E-state index >= 15 is 0 Å². The average molecular weight is 972 g/mol. The largest absolute Gasteiger partial charge is 2.00 e. The number of fused-ring (bicyclic) bond motifs is 24. The van der Waals surface area contributed by atoms with E-state index < -0.39 is 0 Å². The van der Waals surface area contributed by atoms with Crippen LogP contribution in [0.3, 0.4) is 0 Å². The van der Waals surface area contributed by atoms with Gasteiger partial charge in [-0.2, -0.15) is 0 Å². The van der Waals surface area contributed by atoms with Crippen LogP contribution >= 0.6 is 0 Å². The second-order valence-electron chi connectivity index (χ2n) is 16.5.